The molecule has 0 fully saturated rings. The van der Waals surface area contributed by atoms with Crippen molar-refractivity contribution in [2.24, 2.45) is 0 Å². The predicted molar refractivity (Wildman–Crippen MR) is 92.6 cm³/mol. The number of aryl methyl sites for hydroxylation is 1. The molecule has 0 amide bonds. The van der Waals surface area contributed by atoms with Crippen LogP contribution in [0.15, 0.2) is 66.7 Å². The first-order chi connectivity index (χ1) is 10.4. The highest BCUT2D eigenvalue weighted by atomic mass is 14.1. The zero-order chi connectivity index (χ0) is 14.5. The van der Waals surface area contributed by atoms with E-state index < -0.39 is 0 Å². The highest BCUT2D eigenvalue weighted by Gasteiger charge is 2.01. The molecule has 0 aromatic heterocycles. The summed E-state index contributed by atoms with van der Waals surface area (Å²) in [4.78, 5) is 0. The van der Waals surface area contributed by atoms with Gasteiger partial charge in [0.1, 0.15) is 0 Å². The molecule has 0 N–H and O–H groups in total. The second kappa shape index (κ2) is 6.58. The maximum absolute atomic E-state index is 2.35. The Kier molecular flexibility index (Phi) is 4.35. The molecule has 0 unspecified atom stereocenters. The third-order valence-corrected chi connectivity index (χ3v) is 4.08. The lowest BCUT2D eigenvalue weighted by Gasteiger charge is -2.06. The molecule has 0 radical (unpaired) electrons. The third kappa shape index (κ3) is 3.33. The van der Waals surface area contributed by atoms with Gasteiger partial charge in [-0.2, -0.15) is 0 Å². The van der Waals surface area contributed by atoms with Crippen LogP contribution in [-0.4, -0.2) is 0 Å². The monoisotopic (exact) mass is 274 g/mol. The maximum atomic E-state index is 2.35. The molecule has 3 aromatic carbocycles. The molecule has 0 nitrogen and oxygen atoms in total. The van der Waals surface area contributed by atoms with Gasteiger partial charge in [0, 0.05) is 0 Å². The molecule has 0 aliphatic heterocycles. The summed E-state index contributed by atoms with van der Waals surface area (Å²) in [5.41, 5.74) is 4.04. The number of hydrogen-bond acceptors (Lipinski definition) is 0. The minimum atomic E-state index is 1.20. The van der Waals surface area contributed by atoms with Crippen LogP contribution in [0.3, 0.4) is 0 Å². The van der Waals surface area contributed by atoms with Gasteiger partial charge in [0.15, 0.2) is 0 Å². The normalized spacial score (nSPS) is 10.9. The van der Waals surface area contributed by atoms with Crippen LogP contribution in [0.25, 0.3) is 21.9 Å². The van der Waals surface area contributed by atoms with E-state index in [2.05, 4.69) is 73.7 Å². The van der Waals surface area contributed by atoms with Crippen LogP contribution in [0, 0.1) is 0 Å². The quantitative estimate of drug-likeness (QED) is 0.483. The molecule has 0 aliphatic carbocycles. The molecule has 0 saturated carbocycles. The molecule has 106 valence electrons. The Morgan fingerprint density at radius 3 is 2.24 bits per heavy atom. The second-order valence-corrected chi connectivity index (χ2v) is 5.72. The van der Waals surface area contributed by atoms with E-state index in [0.717, 1.165) is 0 Å². The topological polar surface area (TPSA) is 0 Å². The standard InChI is InChI=1S/C21H22/c1-2-3-5-8-17-11-12-21-16-20(14-13-19(21)15-17)18-9-6-4-7-10-18/h4,6-7,9-16H,2-3,5,8H2,1H3. The average Bonchev–Trinajstić information content (AvgIpc) is 2.55. The van der Waals surface area contributed by atoms with E-state index in [1.54, 1.807) is 0 Å². The number of fused-ring (bicyclic) bond motifs is 1. The first-order valence-electron chi connectivity index (χ1n) is 7.95. The minimum Gasteiger partial charge on any atom is -0.0654 e. The van der Waals surface area contributed by atoms with Crippen molar-refractivity contribution in [1.29, 1.82) is 0 Å². The van der Waals surface area contributed by atoms with Crippen molar-refractivity contribution >= 4 is 10.8 Å². The number of rotatable bonds is 5. The highest BCUT2D eigenvalue weighted by Crippen LogP contribution is 2.25. The fourth-order valence-corrected chi connectivity index (χ4v) is 2.84. The zero-order valence-corrected chi connectivity index (χ0v) is 12.7. The van der Waals surface area contributed by atoms with Crippen molar-refractivity contribution in [3.8, 4) is 11.1 Å². The molecule has 0 spiro atoms. The van der Waals surface area contributed by atoms with Crippen LogP contribution in [0.5, 0.6) is 0 Å². The molecule has 3 rings (SSSR count). The molecule has 3 aromatic rings. The van der Waals surface area contributed by atoms with Gasteiger partial charge in [0.2, 0.25) is 0 Å². The average molecular weight is 274 g/mol. The summed E-state index contributed by atoms with van der Waals surface area (Å²) in [6, 6.07) is 24.3. The maximum Gasteiger partial charge on any atom is -0.0178 e. The predicted octanol–water partition coefficient (Wildman–Crippen LogP) is 6.24. The Balaban J connectivity index is 1.88. The van der Waals surface area contributed by atoms with Crippen LogP contribution in [-0.2, 0) is 6.42 Å². The van der Waals surface area contributed by atoms with E-state index in [9.17, 15) is 0 Å². The van der Waals surface area contributed by atoms with Crippen molar-refractivity contribution in [1.82, 2.24) is 0 Å². The van der Waals surface area contributed by atoms with Gasteiger partial charge in [-0.25, -0.2) is 0 Å². The van der Waals surface area contributed by atoms with Gasteiger partial charge in [0.05, 0.1) is 0 Å². The van der Waals surface area contributed by atoms with Gasteiger partial charge in [-0.1, -0.05) is 80.4 Å². The highest BCUT2D eigenvalue weighted by molar-refractivity contribution is 5.87. The van der Waals surface area contributed by atoms with Crippen LogP contribution in [0.4, 0.5) is 0 Å². The van der Waals surface area contributed by atoms with Crippen molar-refractivity contribution in [2.75, 3.05) is 0 Å². The number of hydrogen-bond donors (Lipinski definition) is 0. The van der Waals surface area contributed by atoms with Crippen LogP contribution in [0.1, 0.15) is 31.7 Å². The Hall–Kier alpha value is -2.08. The summed E-state index contributed by atoms with van der Waals surface area (Å²) < 4.78 is 0. The van der Waals surface area contributed by atoms with Crippen molar-refractivity contribution in [2.45, 2.75) is 32.6 Å². The van der Waals surface area contributed by atoms with Gasteiger partial charge in [-0.05, 0) is 46.4 Å². The largest absolute Gasteiger partial charge is 0.0654 e. The van der Waals surface area contributed by atoms with Gasteiger partial charge in [-0.15, -0.1) is 0 Å². The molecule has 21 heavy (non-hydrogen) atoms. The van der Waals surface area contributed by atoms with Crippen LogP contribution in [0.2, 0.25) is 0 Å². The van der Waals surface area contributed by atoms with Crippen molar-refractivity contribution in [3.63, 3.8) is 0 Å². The smallest absolute Gasteiger partial charge is 0.0178 e. The SMILES string of the molecule is CCCCCc1ccc2cc(-c3ccccc3)ccc2c1. The van der Waals surface area contributed by atoms with Gasteiger partial charge >= 0.3 is 0 Å². The summed E-state index contributed by atoms with van der Waals surface area (Å²) in [5.74, 6) is 0. The molecule has 0 atom stereocenters. The third-order valence-electron chi connectivity index (χ3n) is 4.08. The van der Waals surface area contributed by atoms with E-state index in [0.29, 0.717) is 0 Å². The summed E-state index contributed by atoms with van der Waals surface area (Å²) in [5, 5.41) is 2.68. The summed E-state index contributed by atoms with van der Waals surface area (Å²) in [6.07, 6.45) is 5.10. The van der Waals surface area contributed by atoms with Crippen LogP contribution < -0.4 is 0 Å². The van der Waals surface area contributed by atoms with E-state index in [-0.39, 0.29) is 0 Å². The lowest BCUT2D eigenvalue weighted by Crippen LogP contribution is -1.86. The second-order valence-electron chi connectivity index (χ2n) is 5.72. The molecular formula is C21H22. The fourth-order valence-electron chi connectivity index (χ4n) is 2.84. The van der Waals surface area contributed by atoms with Gasteiger partial charge in [-0.3, -0.25) is 0 Å². The van der Waals surface area contributed by atoms with E-state index in [4.69, 9.17) is 0 Å². The first kappa shape index (κ1) is 13.9. The van der Waals surface area contributed by atoms with Crippen LogP contribution >= 0.6 is 0 Å². The lowest BCUT2D eigenvalue weighted by molar-refractivity contribution is 0.718. The van der Waals surface area contributed by atoms with Gasteiger partial charge in [0.25, 0.3) is 0 Å². The molecule has 0 bridgehead atoms. The van der Waals surface area contributed by atoms with E-state index in [1.165, 1.54) is 53.1 Å². The van der Waals surface area contributed by atoms with E-state index >= 15 is 0 Å². The van der Waals surface area contributed by atoms with E-state index in [1.807, 2.05) is 0 Å². The van der Waals surface area contributed by atoms with Crippen molar-refractivity contribution in [3.05, 3.63) is 72.3 Å². The summed E-state index contributed by atoms with van der Waals surface area (Å²) in [7, 11) is 0. The van der Waals surface area contributed by atoms with Crippen molar-refractivity contribution < 1.29 is 0 Å². The Bertz CT molecular complexity index is 710. The minimum absolute atomic E-state index is 1.20. The number of benzene rings is 3. The Labute approximate surface area is 127 Å². The zero-order valence-electron chi connectivity index (χ0n) is 12.7. The molecule has 0 heterocycles. The lowest BCUT2D eigenvalue weighted by atomic mass is 9.98. The Morgan fingerprint density at radius 2 is 1.43 bits per heavy atom. The molecule has 0 aliphatic rings. The summed E-state index contributed by atoms with van der Waals surface area (Å²) in [6.45, 7) is 2.26. The summed E-state index contributed by atoms with van der Waals surface area (Å²) >= 11 is 0. The Morgan fingerprint density at radius 1 is 0.667 bits per heavy atom. The fraction of sp³-hybridized carbons (Fsp3) is 0.238. The first-order valence-corrected chi connectivity index (χ1v) is 7.95. The van der Waals surface area contributed by atoms with Gasteiger partial charge < -0.3 is 0 Å². The molecule has 0 heteroatoms. The molecular weight excluding hydrogens is 252 g/mol. The number of unbranched alkanes of at least 4 members (excludes halogenated alkanes) is 2. The molecule has 0 saturated heterocycles.